The molecule has 0 bridgehead atoms. The van der Waals surface area contributed by atoms with Gasteiger partial charge in [-0.25, -0.2) is 0 Å². The minimum absolute atomic E-state index is 0.0568. The molecule has 7 heteroatoms. The maximum atomic E-state index is 13.5. The van der Waals surface area contributed by atoms with Crippen LogP contribution in [0.2, 0.25) is 0 Å². The molecular weight excluding hydrogens is 468 g/mol. The first-order valence-electron chi connectivity index (χ1n) is 12.5. The summed E-state index contributed by atoms with van der Waals surface area (Å²) < 4.78 is 11.4. The van der Waals surface area contributed by atoms with Crippen molar-refractivity contribution < 1.29 is 24.2 Å². The lowest BCUT2D eigenvalue weighted by atomic mass is 9.94. The normalized spacial score (nSPS) is 18.0. The van der Waals surface area contributed by atoms with Crippen LogP contribution in [0.4, 0.5) is 11.4 Å². The van der Waals surface area contributed by atoms with Crippen LogP contribution in [0.1, 0.15) is 36.1 Å². The van der Waals surface area contributed by atoms with Crippen LogP contribution >= 0.6 is 0 Å². The van der Waals surface area contributed by atoms with Gasteiger partial charge in [0.1, 0.15) is 17.3 Å². The van der Waals surface area contributed by atoms with Crippen LogP contribution in [-0.2, 0) is 16.0 Å². The summed E-state index contributed by atoms with van der Waals surface area (Å²) in [5.41, 5.74) is 3.73. The molecule has 2 heterocycles. The number of Topliss-reactive ketones (excluding diaryl/α,β-unsaturated/α-hetero) is 1. The van der Waals surface area contributed by atoms with Crippen LogP contribution in [0.5, 0.6) is 11.5 Å². The summed E-state index contributed by atoms with van der Waals surface area (Å²) in [6, 6.07) is 19.3. The molecule has 0 aliphatic carbocycles. The number of amides is 1. The Kier molecular flexibility index (Phi) is 6.61. The Balaban J connectivity index is 1.65. The first-order valence-corrected chi connectivity index (χ1v) is 12.5. The number of aliphatic hydroxyl groups excluding tert-OH is 1. The molecule has 1 fully saturated rings. The first-order chi connectivity index (χ1) is 17.9. The van der Waals surface area contributed by atoms with E-state index >= 15 is 0 Å². The summed E-state index contributed by atoms with van der Waals surface area (Å²) in [6.45, 7) is 3.14. The molecule has 0 aromatic heterocycles. The number of nitrogens with zero attached hydrogens (tertiary/aromatic N) is 2. The molecule has 37 heavy (non-hydrogen) atoms. The van der Waals surface area contributed by atoms with E-state index in [4.69, 9.17) is 9.47 Å². The maximum absolute atomic E-state index is 13.5. The highest BCUT2D eigenvalue weighted by Crippen LogP contribution is 2.43. The van der Waals surface area contributed by atoms with E-state index in [1.54, 1.807) is 30.3 Å². The molecule has 2 aliphatic heterocycles. The number of ether oxygens (including phenoxy) is 2. The lowest BCUT2D eigenvalue weighted by Crippen LogP contribution is -2.29. The van der Waals surface area contributed by atoms with Gasteiger partial charge in [-0.2, -0.15) is 0 Å². The average molecular weight is 499 g/mol. The zero-order valence-corrected chi connectivity index (χ0v) is 21.2. The largest absolute Gasteiger partial charge is 0.507 e. The molecule has 190 valence electrons. The summed E-state index contributed by atoms with van der Waals surface area (Å²) >= 11 is 0. The highest BCUT2D eigenvalue weighted by molar-refractivity contribution is 6.51. The van der Waals surface area contributed by atoms with E-state index < -0.39 is 17.7 Å². The zero-order chi connectivity index (χ0) is 26.1. The Hall–Kier alpha value is -4.26. The van der Waals surface area contributed by atoms with Crippen molar-refractivity contribution in [2.24, 2.45) is 0 Å². The van der Waals surface area contributed by atoms with Gasteiger partial charge in [-0.15, -0.1) is 0 Å². The second kappa shape index (κ2) is 10.0. The average Bonchev–Trinajstić information content (AvgIpc) is 3.49. The summed E-state index contributed by atoms with van der Waals surface area (Å²) in [5, 5.41) is 11.5. The van der Waals surface area contributed by atoms with E-state index in [-0.39, 0.29) is 11.3 Å². The van der Waals surface area contributed by atoms with Gasteiger partial charge in [0.2, 0.25) is 0 Å². The molecule has 1 atom stereocenters. The number of carbonyl (C=O) groups is 2. The van der Waals surface area contributed by atoms with Gasteiger partial charge in [-0.1, -0.05) is 25.1 Å². The van der Waals surface area contributed by atoms with Crippen molar-refractivity contribution in [2.75, 3.05) is 37.1 Å². The lowest BCUT2D eigenvalue weighted by Gasteiger charge is -2.26. The van der Waals surface area contributed by atoms with E-state index in [0.29, 0.717) is 30.2 Å². The van der Waals surface area contributed by atoms with Gasteiger partial charge in [0.05, 0.1) is 24.8 Å². The SMILES string of the molecule is CCCOc1cccc(N2C(=O)C(=O)/C(=C(\O)c3ccc4c(c3)CCO4)C2c2ccc(N(C)C)cc2)c1. The van der Waals surface area contributed by atoms with Crippen LogP contribution < -0.4 is 19.3 Å². The number of hydrogen-bond donors (Lipinski definition) is 1. The Morgan fingerprint density at radius 2 is 1.86 bits per heavy atom. The van der Waals surface area contributed by atoms with Crippen LogP contribution in [0, 0.1) is 0 Å². The third kappa shape index (κ3) is 4.53. The molecule has 5 rings (SSSR count). The number of aliphatic hydroxyl groups is 1. The summed E-state index contributed by atoms with van der Waals surface area (Å²) in [7, 11) is 3.89. The standard InChI is InChI=1S/C30H30N2O5/c1-4-15-36-24-7-5-6-23(18-24)32-27(19-8-11-22(12-9-19)31(2)3)26(29(34)30(32)35)28(33)21-10-13-25-20(17-21)14-16-37-25/h5-13,17-18,27,33H,4,14-16H2,1-3H3/b28-26-. The van der Waals surface area contributed by atoms with Gasteiger partial charge >= 0.3 is 0 Å². The number of fused-ring (bicyclic) bond motifs is 1. The van der Waals surface area contributed by atoms with Gasteiger partial charge in [-0.3, -0.25) is 14.5 Å². The molecule has 3 aromatic rings. The fourth-order valence-corrected chi connectivity index (χ4v) is 4.80. The van der Waals surface area contributed by atoms with Crippen molar-refractivity contribution >= 4 is 28.8 Å². The minimum atomic E-state index is -0.804. The Morgan fingerprint density at radius 3 is 2.59 bits per heavy atom. The Morgan fingerprint density at radius 1 is 1.08 bits per heavy atom. The van der Waals surface area contributed by atoms with Gasteiger partial charge in [0.25, 0.3) is 11.7 Å². The van der Waals surface area contributed by atoms with E-state index in [9.17, 15) is 14.7 Å². The second-order valence-corrected chi connectivity index (χ2v) is 9.42. The number of hydrogen-bond acceptors (Lipinski definition) is 6. The van der Waals surface area contributed by atoms with Crippen molar-refractivity contribution in [2.45, 2.75) is 25.8 Å². The molecule has 0 saturated carbocycles. The fraction of sp³-hybridized carbons (Fsp3) is 0.267. The number of benzene rings is 3. The van der Waals surface area contributed by atoms with Gasteiger partial charge in [0, 0.05) is 43.5 Å². The van der Waals surface area contributed by atoms with Crippen LogP contribution in [0.15, 0.2) is 72.3 Å². The maximum Gasteiger partial charge on any atom is 0.300 e. The summed E-state index contributed by atoms with van der Waals surface area (Å²) in [5.74, 6) is -0.231. The van der Waals surface area contributed by atoms with Gasteiger partial charge < -0.3 is 19.5 Å². The predicted octanol–water partition coefficient (Wildman–Crippen LogP) is 5.10. The van der Waals surface area contributed by atoms with Gasteiger partial charge in [0.15, 0.2) is 0 Å². The third-order valence-electron chi connectivity index (χ3n) is 6.70. The first kappa shape index (κ1) is 24.4. The lowest BCUT2D eigenvalue weighted by molar-refractivity contribution is -0.132. The topological polar surface area (TPSA) is 79.3 Å². The van der Waals surface area contributed by atoms with Crippen LogP contribution in [-0.4, -0.2) is 44.1 Å². The van der Waals surface area contributed by atoms with Gasteiger partial charge in [-0.05, 0) is 60.0 Å². The van der Waals surface area contributed by atoms with E-state index in [2.05, 4.69) is 0 Å². The Labute approximate surface area is 216 Å². The van der Waals surface area contributed by atoms with Crippen molar-refractivity contribution in [3.63, 3.8) is 0 Å². The minimum Gasteiger partial charge on any atom is -0.507 e. The molecule has 7 nitrogen and oxygen atoms in total. The number of rotatable bonds is 7. The van der Waals surface area contributed by atoms with E-state index in [0.717, 1.165) is 35.4 Å². The fourth-order valence-electron chi connectivity index (χ4n) is 4.80. The zero-order valence-electron chi connectivity index (χ0n) is 21.2. The molecule has 1 unspecified atom stereocenters. The molecule has 0 radical (unpaired) electrons. The molecule has 1 saturated heterocycles. The van der Waals surface area contributed by atoms with E-state index in [1.165, 1.54) is 4.90 Å². The van der Waals surface area contributed by atoms with Crippen molar-refractivity contribution in [3.8, 4) is 11.5 Å². The monoisotopic (exact) mass is 498 g/mol. The van der Waals surface area contributed by atoms with Crippen molar-refractivity contribution in [3.05, 3.63) is 89.0 Å². The highest BCUT2D eigenvalue weighted by Gasteiger charge is 2.47. The van der Waals surface area contributed by atoms with Crippen molar-refractivity contribution in [1.29, 1.82) is 0 Å². The molecule has 3 aromatic carbocycles. The third-order valence-corrected chi connectivity index (χ3v) is 6.70. The van der Waals surface area contributed by atoms with E-state index in [1.807, 2.05) is 62.3 Å². The van der Waals surface area contributed by atoms with Crippen molar-refractivity contribution in [1.82, 2.24) is 0 Å². The number of anilines is 2. The molecular formula is C30H30N2O5. The summed E-state index contributed by atoms with van der Waals surface area (Å²) in [4.78, 5) is 30.4. The number of ketones is 1. The summed E-state index contributed by atoms with van der Waals surface area (Å²) in [6.07, 6.45) is 1.57. The quantitative estimate of drug-likeness (QED) is 0.277. The number of carbonyl (C=O) groups excluding carboxylic acids is 2. The van der Waals surface area contributed by atoms with Crippen LogP contribution in [0.25, 0.3) is 5.76 Å². The smallest absolute Gasteiger partial charge is 0.300 e. The molecule has 1 N–H and O–H groups in total. The predicted molar refractivity (Wildman–Crippen MR) is 143 cm³/mol. The molecule has 2 aliphatic rings. The Bertz CT molecular complexity index is 1380. The van der Waals surface area contributed by atoms with Crippen LogP contribution in [0.3, 0.4) is 0 Å². The molecule has 1 amide bonds. The second-order valence-electron chi connectivity index (χ2n) is 9.42. The highest BCUT2D eigenvalue weighted by atomic mass is 16.5. The molecule has 0 spiro atoms.